The van der Waals surface area contributed by atoms with Crippen LogP contribution in [0.4, 0.5) is 0 Å². The van der Waals surface area contributed by atoms with Crippen molar-refractivity contribution in [2.75, 3.05) is 13.1 Å². The molecular formula is C19H29N3O3. The van der Waals surface area contributed by atoms with E-state index in [2.05, 4.69) is 24.1 Å². The zero-order valence-electron chi connectivity index (χ0n) is 15.1. The van der Waals surface area contributed by atoms with Crippen LogP contribution in [0.1, 0.15) is 57.6 Å². The highest BCUT2D eigenvalue weighted by atomic mass is 16.4. The van der Waals surface area contributed by atoms with E-state index in [9.17, 15) is 9.59 Å². The van der Waals surface area contributed by atoms with Gasteiger partial charge in [-0.25, -0.2) is 0 Å². The number of carboxylic acids is 1. The summed E-state index contributed by atoms with van der Waals surface area (Å²) >= 11 is 0. The number of pyridine rings is 1. The maximum atomic E-state index is 13.1. The normalized spacial score (nSPS) is 18.5. The van der Waals surface area contributed by atoms with E-state index in [1.54, 1.807) is 6.20 Å². The lowest BCUT2D eigenvalue weighted by Crippen LogP contribution is -2.47. The van der Waals surface area contributed by atoms with Crippen LogP contribution in [0.15, 0.2) is 24.5 Å². The average molecular weight is 347 g/mol. The first kappa shape index (κ1) is 19.4. The van der Waals surface area contributed by atoms with E-state index in [-0.39, 0.29) is 24.4 Å². The van der Waals surface area contributed by atoms with E-state index in [1.165, 1.54) is 0 Å². The molecule has 2 N–H and O–H groups in total. The van der Waals surface area contributed by atoms with E-state index in [0.29, 0.717) is 18.9 Å². The summed E-state index contributed by atoms with van der Waals surface area (Å²) in [5.41, 5.74) is 1.09. The zero-order chi connectivity index (χ0) is 18.2. The van der Waals surface area contributed by atoms with Crippen LogP contribution in [-0.4, -0.2) is 46.0 Å². The number of carboxylic acid groups (broad SMARTS) is 1. The van der Waals surface area contributed by atoms with Crippen molar-refractivity contribution >= 4 is 11.9 Å². The van der Waals surface area contributed by atoms with Crippen LogP contribution in [0, 0.1) is 5.92 Å². The highest BCUT2D eigenvalue weighted by molar-refractivity contribution is 5.82. The summed E-state index contributed by atoms with van der Waals surface area (Å²) in [7, 11) is 0. The summed E-state index contributed by atoms with van der Waals surface area (Å²) in [6.07, 6.45) is 6.96. The third kappa shape index (κ3) is 5.81. The largest absolute Gasteiger partial charge is 0.481 e. The van der Waals surface area contributed by atoms with E-state index in [0.717, 1.165) is 31.4 Å². The number of likely N-dealkylation sites (tertiary alicyclic amines) is 1. The van der Waals surface area contributed by atoms with Crippen molar-refractivity contribution in [1.29, 1.82) is 0 Å². The molecule has 0 bridgehead atoms. The van der Waals surface area contributed by atoms with Gasteiger partial charge < -0.3 is 15.3 Å². The lowest BCUT2D eigenvalue weighted by molar-refractivity contribution is -0.137. The van der Waals surface area contributed by atoms with E-state index in [1.807, 2.05) is 23.2 Å². The Morgan fingerprint density at radius 1 is 1.44 bits per heavy atom. The third-order valence-electron chi connectivity index (χ3n) is 4.57. The molecular weight excluding hydrogens is 318 g/mol. The zero-order valence-corrected chi connectivity index (χ0v) is 15.1. The van der Waals surface area contributed by atoms with E-state index in [4.69, 9.17) is 5.11 Å². The molecule has 0 aromatic carbocycles. The molecule has 1 aliphatic heterocycles. The van der Waals surface area contributed by atoms with E-state index < -0.39 is 5.97 Å². The van der Waals surface area contributed by atoms with Crippen molar-refractivity contribution in [3.05, 3.63) is 30.1 Å². The van der Waals surface area contributed by atoms with Gasteiger partial charge in [0.05, 0.1) is 12.1 Å². The van der Waals surface area contributed by atoms with Gasteiger partial charge in [0.15, 0.2) is 0 Å². The Labute approximate surface area is 149 Å². The molecule has 138 valence electrons. The minimum atomic E-state index is -0.801. The molecule has 1 saturated heterocycles. The Bertz CT molecular complexity index is 562. The molecule has 2 rings (SSSR count). The average Bonchev–Trinajstić information content (AvgIpc) is 3.07. The number of nitrogens with one attached hydrogen (secondary N) is 1. The molecule has 0 aliphatic carbocycles. The summed E-state index contributed by atoms with van der Waals surface area (Å²) in [6, 6.07) is 3.77. The second kappa shape index (κ2) is 9.51. The maximum Gasteiger partial charge on any atom is 0.303 e. The molecule has 6 nitrogen and oxygen atoms in total. The molecule has 0 saturated carbocycles. The number of rotatable bonds is 9. The molecule has 0 spiro atoms. The molecule has 6 heteroatoms. The van der Waals surface area contributed by atoms with Gasteiger partial charge in [-0.15, -0.1) is 0 Å². The smallest absolute Gasteiger partial charge is 0.303 e. The molecule has 1 amide bonds. The highest BCUT2D eigenvalue weighted by Gasteiger charge is 2.34. The number of aliphatic carboxylic acids is 1. The van der Waals surface area contributed by atoms with Gasteiger partial charge in [0.1, 0.15) is 0 Å². The van der Waals surface area contributed by atoms with Gasteiger partial charge in [-0.05, 0) is 49.8 Å². The van der Waals surface area contributed by atoms with Gasteiger partial charge in [0.2, 0.25) is 5.91 Å². The highest BCUT2D eigenvalue weighted by Crippen LogP contribution is 2.32. The fourth-order valence-corrected chi connectivity index (χ4v) is 3.41. The summed E-state index contributed by atoms with van der Waals surface area (Å²) in [5.74, 6) is -0.291. The number of carbonyl (C=O) groups excluding carboxylic acids is 1. The summed E-state index contributed by atoms with van der Waals surface area (Å²) in [5, 5.41) is 12.0. The van der Waals surface area contributed by atoms with Crippen LogP contribution >= 0.6 is 0 Å². The number of carbonyl (C=O) groups is 2. The van der Waals surface area contributed by atoms with Crippen LogP contribution in [0.5, 0.6) is 0 Å². The number of amides is 1. The molecule has 1 aliphatic rings. The molecule has 1 fully saturated rings. The predicted molar refractivity (Wildman–Crippen MR) is 96.0 cm³/mol. The van der Waals surface area contributed by atoms with Crippen molar-refractivity contribution in [3.8, 4) is 0 Å². The van der Waals surface area contributed by atoms with Crippen molar-refractivity contribution < 1.29 is 14.7 Å². The second-order valence-electron chi connectivity index (χ2n) is 7.11. The van der Waals surface area contributed by atoms with Crippen molar-refractivity contribution in [2.24, 2.45) is 5.92 Å². The molecule has 1 aromatic rings. The Hall–Kier alpha value is -1.95. The molecule has 0 unspecified atom stereocenters. The van der Waals surface area contributed by atoms with Crippen LogP contribution in [-0.2, 0) is 9.59 Å². The van der Waals surface area contributed by atoms with Gasteiger partial charge in [0, 0.05) is 25.4 Å². The topological polar surface area (TPSA) is 82.5 Å². The first-order valence-electron chi connectivity index (χ1n) is 9.14. The van der Waals surface area contributed by atoms with Gasteiger partial charge in [0.25, 0.3) is 0 Å². The molecule has 2 atom stereocenters. The van der Waals surface area contributed by atoms with E-state index >= 15 is 0 Å². The van der Waals surface area contributed by atoms with Crippen LogP contribution in [0.2, 0.25) is 0 Å². The molecule has 0 radical (unpaired) electrons. The fourth-order valence-electron chi connectivity index (χ4n) is 3.41. The van der Waals surface area contributed by atoms with Crippen LogP contribution in [0.25, 0.3) is 0 Å². The van der Waals surface area contributed by atoms with Gasteiger partial charge in [-0.2, -0.15) is 0 Å². The first-order valence-corrected chi connectivity index (χ1v) is 9.14. The van der Waals surface area contributed by atoms with Gasteiger partial charge in [-0.1, -0.05) is 19.9 Å². The Morgan fingerprint density at radius 2 is 2.24 bits per heavy atom. The standard InChI is InChI=1S/C19H29N3O3/c1-14(2)12-16(21-10-4-8-18(23)24)19(25)22-11-5-7-17(22)15-6-3-9-20-13-15/h3,6,9,13-14,16-17,21H,4-5,7-8,10-12H2,1-2H3,(H,23,24)/t16-,17+/m0/s1. The Morgan fingerprint density at radius 3 is 2.88 bits per heavy atom. The van der Waals surface area contributed by atoms with Gasteiger partial charge >= 0.3 is 5.97 Å². The quantitative estimate of drug-likeness (QED) is 0.671. The maximum absolute atomic E-state index is 13.1. The summed E-state index contributed by atoms with van der Waals surface area (Å²) < 4.78 is 0. The molecule has 2 heterocycles. The lowest BCUT2D eigenvalue weighted by Gasteiger charge is -2.30. The fraction of sp³-hybridized carbons (Fsp3) is 0.632. The van der Waals surface area contributed by atoms with Gasteiger partial charge in [-0.3, -0.25) is 14.6 Å². The summed E-state index contributed by atoms with van der Waals surface area (Å²) in [6.45, 7) is 5.51. The SMILES string of the molecule is CC(C)C[C@H](NCCCC(=O)O)C(=O)N1CCC[C@@H]1c1cccnc1. The monoisotopic (exact) mass is 347 g/mol. The molecule has 1 aromatic heterocycles. The minimum Gasteiger partial charge on any atom is -0.481 e. The molecule has 25 heavy (non-hydrogen) atoms. The van der Waals surface area contributed by atoms with Crippen molar-refractivity contribution in [3.63, 3.8) is 0 Å². The van der Waals surface area contributed by atoms with Crippen molar-refractivity contribution in [2.45, 2.75) is 58.0 Å². The number of nitrogens with zero attached hydrogens (tertiary/aromatic N) is 2. The number of aromatic nitrogens is 1. The van der Waals surface area contributed by atoms with Crippen molar-refractivity contribution in [1.82, 2.24) is 15.2 Å². The van der Waals surface area contributed by atoms with Crippen LogP contribution < -0.4 is 5.32 Å². The predicted octanol–water partition coefficient (Wildman–Crippen LogP) is 2.61. The third-order valence-corrected chi connectivity index (χ3v) is 4.57. The Balaban J connectivity index is 2.02. The summed E-state index contributed by atoms with van der Waals surface area (Å²) in [4.78, 5) is 29.9. The number of hydrogen-bond acceptors (Lipinski definition) is 4. The lowest BCUT2D eigenvalue weighted by atomic mass is 10.0. The second-order valence-corrected chi connectivity index (χ2v) is 7.11. The minimum absolute atomic E-state index is 0.0941. The Kier molecular flexibility index (Phi) is 7.37. The number of hydrogen-bond donors (Lipinski definition) is 2. The van der Waals surface area contributed by atoms with Crippen LogP contribution in [0.3, 0.4) is 0 Å². The first-order chi connectivity index (χ1) is 12.0.